The molecule has 0 aromatic heterocycles. The molecule has 2 N–H and O–H groups in total. The van der Waals surface area contributed by atoms with Crippen LogP contribution in [0.15, 0.2) is 36.4 Å². The van der Waals surface area contributed by atoms with Crippen molar-refractivity contribution in [3.8, 4) is 16.9 Å². The number of thioether (sulfide) groups is 1. The van der Waals surface area contributed by atoms with Crippen LogP contribution in [0.5, 0.6) is 5.75 Å². The zero-order valence-electron chi connectivity index (χ0n) is 11.9. The molecule has 2 aromatic carbocycles. The monoisotopic (exact) mass is 338 g/mol. The summed E-state index contributed by atoms with van der Waals surface area (Å²) in [5.41, 5.74) is 0.0855. The molecule has 0 aliphatic rings. The number of benzene rings is 2. The SMILES string of the molecule is CC(SC(=O)c1cc(O)ccc1-c1ccc(F)cc1F)C(=O)O. The molecule has 0 amide bonds. The lowest BCUT2D eigenvalue weighted by molar-refractivity contribution is -0.136. The number of hydrogen-bond acceptors (Lipinski definition) is 4. The molecular weight excluding hydrogens is 326 g/mol. The van der Waals surface area contributed by atoms with Gasteiger partial charge in [-0.25, -0.2) is 8.78 Å². The van der Waals surface area contributed by atoms with Crippen LogP contribution in [0.1, 0.15) is 17.3 Å². The molecule has 0 radical (unpaired) electrons. The van der Waals surface area contributed by atoms with E-state index in [9.17, 15) is 23.5 Å². The van der Waals surface area contributed by atoms with Gasteiger partial charge in [0.2, 0.25) is 5.12 Å². The van der Waals surface area contributed by atoms with Gasteiger partial charge in [-0.2, -0.15) is 0 Å². The Morgan fingerprint density at radius 2 is 1.74 bits per heavy atom. The number of phenolic OH excluding ortho intramolecular Hbond substituents is 1. The molecule has 4 nitrogen and oxygen atoms in total. The van der Waals surface area contributed by atoms with Gasteiger partial charge in [0.05, 0.1) is 0 Å². The largest absolute Gasteiger partial charge is 0.508 e. The van der Waals surface area contributed by atoms with E-state index in [2.05, 4.69) is 0 Å². The molecule has 0 aliphatic carbocycles. The third-order valence-corrected chi connectivity index (χ3v) is 4.07. The number of halogens is 2. The predicted octanol–water partition coefficient (Wildman–Crippen LogP) is 3.68. The van der Waals surface area contributed by atoms with Crippen molar-refractivity contribution in [1.29, 1.82) is 0 Å². The average Bonchev–Trinajstić information content (AvgIpc) is 2.47. The lowest BCUT2D eigenvalue weighted by atomic mass is 9.99. The van der Waals surface area contributed by atoms with E-state index in [1.165, 1.54) is 25.1 Å². The standard InChI is InChI=1S/C16H12F2O4S/c1-8(15(20)21)23-16(22)13-7-10(19)3-5-11(13)12-4-2-9(17)6-14(12)18/h2-8,19H,1H3,(H,20,21). The Kier molecular flexibility index (Phi) is 5.00. The summed E-state index contributed by atoms with van der Waals surface area (Å²) >= 11 is 0.541. The molecule has 1 unspecified atom stereocenters. The molecule has 120 valence electrons. The summed E-state index contributed by atoms with van der Waals surface area (Å²) in [7, 11) is 0. The Labute approximate surface area is 134 Å². The summed E-state index contributed by atoms with van der Waals surface area (Å²) in [5.74, 6) is -3.01. The first-order valence-corrected chi connectivity index (χ1v) is 7.39. The third-order valence-electron chi connectivity index (χ3n) is 3.08. The van der Waals surface area contributed by atoms with Crippen molar-refractivity contribution in [3.05, 3.63) is 53.6 Å². The van der Waals surface area contributed by atoms with Gasteiger partial charge in [0, 0.05) is 17.2 Å². The van der Waals surface area contributed by atoms with Gasteiger partial charge in [-0.3, -0.25) is 9.59 Å². The highest BCUT2D eigenvalue weighted by Gasteiger charge is 2.22. The molecule has 23 heavy (non-hydrogen) atoms. The summed E-state index contributed by atoms with van der Waals surface area (Å²) in [6.07, 6.45) is 0. The summed E-state index contributed by atoms with van der Waals surface area (Å²) < 4.78 is 27.0. The van der Waals surface area contributed by atoms with Crippen molar-refractivity contribution in [2.45, 2.75) is 12.2 Å². The van der Waals surface area contributed by atoms with Crippen molar-refractivity contribution < 1.29 is 28.6 Å². The van der Waals surface area contributed by atoms with Gasteiger partial charge in [-0.1, -0.05) is 11.8 Å². The van der Waals surface area contributed by atoms with Crippen LogP contribution in [0.25, 0.3) is 11.1 Å². The first-order valence-electron chi connectivity index (χ1n) is 6.52. The molecule has 0 fully saturated rings. The second kappa shape index (κ2) is 6.78. The topological polar surface area (TPSA) is 74.6 Å². The van der Waals surface area contributed by atoms with Gasteiger partial charge in [0.1, 0.15) is 22.6 Å². The van der Waals surface area contributed by atoms with Crippen molar-refractivity contribution in [2.75, 3.05) is 0 Å². The van der Waals surface area contributed by atoms with E-state index in [4.69, 9.17) is 5.11 Å². The van der Waals surface area contributed by atoms with Crippen molar-refractivity contribution in [3.63, 3.8) is 0 Å². The van der Waals surface area contributed by atoms with E-state index in [1.807, 2.05) is 0 Å². The van der Waals surface area contributed by atoms with Gasteiger partial charge in [-0.05, 0) is 42.8 Å². The van der Waals surface area contributed by atoms with Crippen LogP contribution in [0.4, 0.5) is 8.78 Å². The molecule has 2 rings (SSSR count). The van der Waals surface area contributed by atoms with Crippen molar-refractivity contribution >= 4 is 22.8 Å². The summed E-state index contributed by atoms with van der Waals surface area (Å²) in [4.78, 5) is 23.1. The van der Waals surface area contributed by atoms with Gasteiger partial charge in [0.25, 0.3) is 0 Å². The highest BCUT2D eigenvalue weighted by atomic mass is 32.2. The van der Waals surface area contributed by atoms with Crippen LogP contribution < -0.4 is 0 Å². The Hall–Kier alpha value is -2.41. The zero-order chi connectivity index (χ0) is 17.1. The summed E-state index contributed by atoms with van der Waals surface area (Å²) in [5, 5.41) is 16.8. The molecule has 7 heteroatoms. The van der Waals surface area contributed by atoms with Gasteiger partial charge < -0.3 is 10.2 Å². The lowest BCUT2D eigenvalue weighted by Crippen LogP contribution is -2.14. The number of phenols is 1. The normalized spacial score (nSPS) is 12.0. The average molecular weight is 338 g/mol. The molecule has 0 saturated heterocycles. The number of hydrogen-bond donors (Lipinski definition) is 2. The van der Waals surface area contributed by atoms with E-state index < -0.39 is 28.0 Å². The maximum Gasteiger partial charge on any atom is 0.316 e. The molecule has 0 saturated carbocycles. The van der Waals surface area contributed by atoms with E-state index in [0.717, 1.165) is 12.1 Å². The number of carbonyl (C=O) groups excluding carboxylic acids is 1. The Bertz CT molecular complexity index is 777. The number of carboxylic acid groups (broad SMARTS) is 1. The minimum Gasteiger partial charge on any atom is -0.508 e. The van der Waals surface area contributed by atoms with Crippen LogP contribution >= 0.6 is 11.8 Å². The second-order valence-electron chi connectivity index (χ2n) is 4.74. The Balaban J connectivity index is 2.49. The number of aromatic hydroxyl groups is 1. The fraction of sp³-hybridized carbons (Fsp3) is 0.125. The van der Waals surface area contributed by atoms with Gasteiger partial charge in [0.15, 0.2) is 0 Å². The van der Waals surface area contributed by atoms with Crippen LogP contribution in [-0.4, -0.2) is 26.5 Å². The Morgan fingerprint density at radius 1 is 1.09 bits per heavy atom. The number of carbonyl (C=O) groups is 2. The second-order valence-corrected chi connectivity index (χ2v) is 6.05. The van der Waals surface area contributed by atoms with E-state index in [1.54, 1.807) is 0 Å². The number of aliphatic carboxylic acids is 1. The predicted molar refractivity (Wildman–Crippen MR) is 82.5 cm³/mol. The molecule has 0 spiro atoms. The lowest BCUT2D eigenvalue weighted by Gasteiger charge is -2.11. The smallest absolute Gasteiger partial charge is 0.316 e. The molecular formula is C16H12F2O4S. The minimum atomic E-state index is -1.17. The highest BCUT2D eigenvalue weighted by Crippen LogP contribution is 2.32. The van der Waals surface area contributed by atoms with E-state index >= 15 is 0 Å². The molecule has 0 heterocycles. The first-order chi connectivity index (χ1) is 10.8. The van der Waals surface area contributed by atoms with Gasteiger partial charge in [-0.15, -0.1) is 0 Å². The van der Waals surface area contributed by atoms with Crippen molar-refractivity contribution in [2.24, 2.45) is 0 Å². The quantitative estimate of drug-likeness (QED) is 0.889. The van der Waals surface area contributed by atoms with Crippen LogP contribution in [0.3, 0.4) is 0 Å². The minimum absolute atomic E-state index is 0.0154. The fourth-order valence-electron chi connectivity index (χ4n) is 1.92. The maximum atomic E-state index is 14.0. The first kappa shape index (κ1) is 17.0. The van der Waals surface area contributed by atoms with Crippen molar-refractivity contribution in [1.82, 2.24) is 0 Å². The molecule has 1 atom stereocenters. The molecule has 0 bridgehead atoms. The summed E-state index contributed by atoms with van der Waals surface area (Å²) in [6.45, 7) is 1.34. The number of carboxylic acids is 1. The zero-order valence-corrected chi connectivity index (χ0v) is 12.7. The fourth-order valence-corrected chi connectivity index (χ4v) is 2.64. The van der Waals surface area contributed by atoms with Crippen LogP contribution in [-0.2, 0) is 4.79 Å². The van der Waals surface area contributed by atoms with Crippen LogP contribution in [0, 0.1) is 11.6 Å². The number of rotatable bonds is 4. The molecule has 0 aliphatic heterocycles. The van der Waals surface area contributed by atoms with Gasteiger partial charge >= 0.3 is 5.97 Å². The van der Waals surface area contributed by atoms with E-state index in [-0.39, 0.29) is 22.4 Å². The van der Waals surface area contributed by atoms with E-state index in [0.29, 0.717) is 17.8 Å². The summed E-state index contributed by atoms with van der Waals surface area (Å²) in [6, 6.07) is 6.63. The highest BCUT2D eigenvalue weighted by molar-refractivity contribution is 8.15. The van der Waals surface area contributed by atoms with Crippen LogP contribution in [0.2, 0.25) is 0 Å². The third kappa shape index (κ3) is 3.87. The maximum absolute atomic E-state index is 14.0. The molecule has 2 aromatic rings. The Morgan fingerprint density at radius 3 is 2.35 bits per heavy atom.